The van der Waals surface area contributed by atoms with Gasteiger partial charge in [0.2, 0.25) is 0 Å². The Hall–Kier alpha value is -0.900. The van der Waals surface area contributed by atoms with Crippen molar-refractivity contribution >= 4 is 16.1 Å². The summed E-state index contributed by atoms with van der Waals surface area (Å²) in [5.41, 5.74) is 0. The van der Waals surface area contributed by atoms with Crippen molar-refractivity contribution in [1.29, 1.82) is 0 Å². The fourth-order valence-electron chi connectivity index (χ4n) is 0.879. The Morgan fingerprint density at radius 2 is 2.17 bits per heavy atom. The molecular weight excluding hydrogens is 174 g/mol. The third-order valence-electron chi connectivity index (χ3n) is 1.53. The fraction of sp³-hybridized carbons (Fsp3) is 0.375. The highest BCUT2D eigenvalue weighted by atomic mass is 32.2. The summed E-state index contributed by atoms with van der Waals surface area (Å²) in [6.07, 6.45) is 7.69. The molecule has 1 rings (SSSR count). The second-order valence-electron chi connectivity index (χ2n) is 2.82. The summed E-state index contributed by atoms with van der Waals surface area (Å²) >= 11 is 0. The Labute approximate surface area is 72.4 Å². The normalized spacial score (nSPS) is 23.5. The van der Waals surface area contributed by atoms with Crippen LogP contribution in [0.15, 0.2) is 28.2 Å². The second-order valence-corrected chi connectivity index (χ2v) is 4.84. The van der Waals surface area contributed by atoms with Crippen molar-refractivity contribution in [2.45, 2.75) is 6.92 Å². The lowest BCUT2D eigenvalue weighted by molar-refractivity contribution is 0.608. The van der Waals surface area contributed by atoms with Gasteiger partial charge in [0.25, 0.3) is 0 Å². The predicted octanol–water partition coefficient (Wildman–Crippen LogP) is 1.15. The van der Waals surface area contributed by atoms with Gasteiger partial charge < -0.3 is 0 Å². The molecule has 0 amide bonds. The molecule has 12 heavy (non-hydrogen) atoms. The fourth-order valence-corrected chi connectivity index (χ4v) is 1.59. The van der Waals surface area contributed by atoms with Crippen LogP contribution in [0.2, 0.25) is 0 Å². The molecule has 0 saturated heterocycles. The lowest BCUT2D eigenvalue weighted by atomic mass is 10.2. The third kappa shape index (κ3) is 2.30. The zero-order chi connectivity index (χ0) is 9.19. The van der Waals surface area contributed by atoms with Crippen molar-refractivity contribution in [1.82, 2.24) is 0 Å². The molecule has 66 valence electrons. The lowest BCUT2D eigenvalue weighted by Gasteiger charge is -1.98. The summed E-state index contributed by atoms with van der Waals surface area (Å²) in [5, 5.41) is 0. The summed E-state index contributed by atoms with van der Waals surface area (Å²) in [7, 11) is -3.11. The third-order valence-corrected chi connectivity index (χ3v) is 2.63. The number of hydrogen-bond donors (Lipinski definition) is 0. The van der Waals surface area contributed by atoms with Crippen LogP contribution in [-0.4, -0.2) is 20.9 Å². The molecule has 0 aliphatic carbocycles. The van der Waals surface area contributed by atoms with E-state index in [1.807, 2.05) is 13.0 Å². The molecule has 0 saturated carbocycles. The maximum Gasteiger partial charge on any atom is 0.176 e. The van der Waals surface area contributed by atoms with Crippen LogP contribution >= 0.6 is 0 Å². The SMILES string of the molecule is CC1C=CN=CC(S(C)(=O)=O)=C1. The van der Waals surface area contributed by atoms with Crippen LogP contribution in [0.3, 0.4) is 0 Å². The van der Waals surface area contributed by atoms with E-state index >= 15 is 0 Å². The minimum absolute atomic E-state index is 0.122. The van der Waals surface area contributed by atoms with Crippen LogP contribution in [0.5, 0.6) is 0 Å². The van der Waals surface area contributed by atoms with Crippen molar-refractivity contribution in [3.63, 3.8) is 0 Å². The minimum atomic E-state index is -3.11. The number of aliphatic imine (C=N–C) groups is 1. The van der Waals surface area contributed by atoms with Gasteiger partial charge in [0.05, 0.1) is 4.91 Å². The average Bonchev–Trinajstić information content (AvgIpc) is 2.11. The van der Waals surface area contributed by atoms with E-state index in [2.05, 4.69) is 4.99 Å². The maximum atomic E-state index is 11.1. The number of hydrogen-bond acceptors (Lipinski definition) is 3. The van der Waals surface area contributed by atoms with E-state index in [9.17, 15) is 8.42 Å². The van der Waals surface area contributed by atoms with Crippen molar-refractivity contribution in [2.75, 3.05) is 6.26 Å². The van der Waals surface area contributed by atoms with Crippen LogP contribution < -0.4 is 0 Å². The number of sulfone groups is 1. The van der Waals surface area contributed by atoms with Crippen LogP contribution in [0.25, 0.3) is 0 Å². The molecule has 4 heteroatoms. The molecule has 0 aromatic carbocycles. The topological polar surface area (TPSA) is 46.5 Å². The first-order chi connectivity index (χ1) is 5.50. The van der Waals surface area contributed by atoms with Crippen molar-refractivity contribution in [3.05, 3.63) is 23.3 Å². The standard InChI is InChI=1S/C8H11NO2S/c1-7-3-4-9-6-8(5-7)12(2,10)11/h3-7H,1-2H3. The highest BCUT2D eigenvalue weighted by Gasteiger charge is 2.10. The van der Waals surface area contributed by atoms with Crippen molar-refractivity contribution in [2.24, 2.45) is 10.9 Å². The molecule has 0 fully saturated rings. The zero-order valence-corrected chi connectivity index (χ0v) is 7.88. The lowest BCUT2D eigenvalue weighted by Crippen LogP contribution is -2.02. The summed E-state index contributed by atoms with van der Waals surface area (Å²) in [5.74, 6) is 0.122. The van der Waals surface area contributed by atoms with E-state index in [1.165, 1.54) is 12.5 Å². The largest absolute Gasteiger partial charge is 0.264 e. The molecule has 0 radical (unpaired) electrons. The molecule has 1 unspecified atom stereocenters. The van der Waals surface area contributed by atoms with Gasteiger partial charge >= 0.3 is 0 Å². The van der Waals surface area contributed by atoms with Gasteiger partial charge in [-0.2, -0.15) is 0 Å². The first-order valence-corrected chi connectivity index (χ1v) is 5.51. The summed E-state index contributed by atoms with van der Waals surface area (Å²) in [4.78, 5) is 4.11. The minimum Gasteiger partial charge on any atom is -0.264 e. The van der Waals surface area contributed by atoms with Gasteiger partial charge in [0.15, 0.2) is 9.84 Å². The van der Waals surface area contributed by atoms with E-state index in [0.717, 1.165) is 0 Å². The van der Waals surface area contributed by atoms with Gasteiger partial charge in [-0.05, 0) is 5.92 Å². The molecule has 0 aromatic heterocycles. The van der Waals surface area contributed by atoms with Crippen LogP contribution in [0, 0.1) is 5.92 Å². The van der Waals surface area contributed by atoms with Gasteiger partial charge in [-0.15, -0.1) is 0 Å². The molecule has 0 aromatic rings. The molecule has 1 heterocycles. The van der Waals surface area contributed by atoms with Gasteiger partial charge in [-0.25, -0.2) is 8.42 Å². The second kappa shape index (κ2) is 3.23. The molecular formula is C8H11NO2S. The van der Waals surface area contributed by atoms with Crippen molar-refractivity contribution < 1.29 is 8.42 Å². The van der Waals surface area contributed by atoms with Gasteiger partial charge in [-0.3, -0.25) is 4.99 Å². The van der Waals surface area contributed by atoms with Crippen LogP contribution in [0.4, 0.5) is 0 Å². The molecule has 1 aliphatic heterocycles. The molecule has 0 bridgehead atoms. The molecule has 0 N–H and O–H groups in total. The summed E-state index contributed by atoms with van der Waals surface area (Å²) in [6.45, 7) is 1.91. The first kappa shape index (κ1) is 9.19. The number of allylic oxidation sites excluding steroid dienone is 3. The van der Waals surface area contributed by atoms with Crippen molar-refractivity contribution in [3.8, 4) is 0 Å². The van der Waals surface area contributed by atoms with E-state index in [-0.39, 0.29) is 5.92 Å². The zero-order valence-electron chi connectivity index (χ0n) is 7.06. The van der Waals surface area contributed by atoms with Gasteiger partial charge in [-0.1, -0.05) is 19.1 Å². The smallest absolute Gasteiger partial charge is 0.176 e. The van der Waals surface area contributed by atoms with Crippen LogP contribution in [-0.2, 0) is 9.84 Å². The molecule has 3 nitrogen and oxygen atoms in total. The number of nitrogens with zero attached hydrogens (tertiary/aromatic N) is 1. The maximum absolute atomic E-state index is 11.1. The highest BCUT2D eigenvalue weighted by Crippen LogP contribution is 2.11. The number of rotatable bonds is 1. The first-order valence-electron chi connectivity index (χ1n) is 3.62. The summed E-state index contributed by atoms with van der Waals surface area (Å²) in [6, 6.07) is 0. The Morgan fingerprint density at radius 1 is 1.50 bits per heavy atom. The Kier molecular flexibility index (Phi) is 2.47. The molecule has 0 spiro atoms. The summed E-state index contributed by atoms with van der Waals surface area (Å²) < 4.78 is 22.2. The Bertz CT molecular complexity index is 349. The predicted molar refractivity (Wildman–Crippen MR) is 49.7 cm³/mol. The quantitative estimate of drug-likeness (QED) is 0.615. The van der Waals surface area contributed by atoms with Crippen LogP contribution in [0.1, 0.15) is 6.92 Å². The van der Waals surface area contributed by atoms with Gasteiger partial charge in [0, 0.05) is 18.7 Å². The van der Waals surface area contributed by atoms with E-state index in [4.69, 9.17) is 0 Å². The monoisotopic (exact) mass is 185 g/mol. The van der Waals surface area contributed by atoms with Gasteiger partial charge in [0.1, 0.15) is 0 Å². The Balaban J connectivity index is 3.08. The molecule has 1 atom stereocenters. The van der Waals surface area contributed by atoms with E-state index < -0.39 is 9.84 Å². The van der Waals surface area contributed by atoms with E-state index in [0.29, 0.717) is 4.91 Å². The Morgan fingerprint density at radius 3 is 2.75 bits per heavy atom. The highest BCUT2D eigenvalue weighted by molar-refractivity contribution is 7.95. The average molecular weight is 185 g/mol. The van der Waals surface area contributed by atoms with E-state index in [1.54, 1.807) is 12.3 Å². The molecule has 1 aliphatic rings.